The van der Waals surface area contributed by atoms with E-state index < -0.39 is 5.82 Å². The number of Topliss-reactive ketones (excluding diaryl/α,β-unsaturated/α-hetero) is 1. The van der Waals surface area contributed by atoms with Crippen LogP contribution in [0.25, 0.3) is 0 Å². The lowest BCUT2D eigenvalue weighted by Gasteiger charge is -2.05. The zero-order chi connectivity index (χ0) is 14.4. The highest BCUT2D eigenvalue weighted by atomic mass is 32.2. The normalized spacial score (nSPS) is 10.3. The highest BCUT2D eigenvalue weighted by Crippen LogP contribution is 2.19. The van der Waals surface area contributed by atoms with Gasteiger partial charge in [0.25, 0.3) is 0 Å². The van der Waals surface area contributed by atoms with E-state index >= 15 is 0 Å². The number of hydrogen-bond donors (Lipinski definition) is 0. The molecule has 0 saturated heterocycles. The number of ketones is 1. The van der Waals surface area contributed by atoms with Crippen LogP contribution < -0.4 is 4.74 Å². The van der Waals surface area contributed by atoms with Gasteiger partial charge in [-0.15, -0.1) is 11.8 Å². The van der Waals surface area contributed by atoms with Gasteiger partial charge < -0.3 is 4.74 Å². The molecule has 0 aliphatic rings. The second-order valence-corrected chi connectivity index (χ2v) is 5.24. The maximum absolute atomic E-state index is 13.5. The molecule has 0 aliphatic heterocycles. The predicted octanol–water partition coefficient (Wildman–Crippen LogP) is 3.95. The maximum Gasteiger partial charge on any atom is 0.172 e. The fraction of sp³-hybridized carbons (Fsp3) is 0.188. The molecule has 20 heavy (non-hydrogen) atoms. The number of thioether (sulfide) groups is 1. The molecule has 2 aromatic carbocycles. The van der Waals surface area contributed by atoms with Crippen molar-refractivity contribution in [3.8, 4) is 5.75 Å². The lowest BCUT2D eigenvalue weighted by molar-refractivity contribution is 0.102. The molecule has 0 bridgehead atoms. The average Bonchev–Trinajstić information content (AvgIpc) is 2.48. The average molecular weight is 290 g/mol. The first-order valence-corrected chi connectivity index (χ1v) is 7.34. The van der Waals surface area contributed by atoms with E-state index in [1.54, 1.807) is 6.07 Å². The number of carbonyl (C=O) groups excluding carboxylic acids is 1. The van der Waals surface area contributed by atoms with Crippen LogP contribution in [0.4, 0.5) is 4.39 Å². The lowest BCUT2D eigenvalue weighted by Crippen LogP contribution is -2.03. The van der Waals surface area contributed by atoms with Gasteiger partial charge in [0.1, 0.15) is 0 Å². The van der Waals surface area contributed by atoms with Gasteiger partial charge in [-0.2, -0.15) is 0 Å². The van der Waals surface area contributed by atoms with Crippen molar-refractivity contribution in [2.24, 2.45) is 0 Å². The first-order valence-electron chi connectivity index (χ1n) is 6.19. The molecule has 0 amide bonds. The third-order valence-corrected chi connectivity index (χ3v) is 3.82. The zero-order valence-corrected chi connectivity index (χ0v) is 12.0. The fourth-order valence-corrected chi connectivity index (χ4v) is 2.64. The summed E-state index contributed by atoms with van der Waals surface area (Å²) in [5.74, 6) is 0.670. The molecule has 0 aromatic heterocycles. The van der Waals surface area contributed by atoms with Gasteiger partial charge in [-0.05, 0) is 23.8 Å². The topological polar surface area (TPSA) is 26.3 Å². The minimum Gasteiger partial charge on any atom is -0.494 e. The van der Waals surface area contributed by atoms with Crippen molar-refractivity contribution in [3.63, 3.8) is 0 Å². The van der Waals surface area contributed by atoms with Crippen LogP contribution in [0.1, 0.15) is 15.9 Å². The van der Waals surface area contributed by atoms with Gasteiger partial charge in [-0.25, -0.2) is 4.39 Å². The third kappa shape index (κ3) is 3.84. The second-order valence-electron chi connectivity index (χ2n) is 4.25. The Morgan fingerprint density at radius 1 is 1.20 bits per heavy atom. The molecule has 0 aliphatic carbocycles. The molecule has 0 radical (unpaired) electrons. The summed E-state index contributed by atoms with van der Waals surface area (Å²) in [6.07, 6.45) is 0. The van der Waals surface area contributed by atoms with Crippen molar-refractivity contribution in [3.05, 3.63) is 65.5 Å². The van der Waals surface area contributed by atoms with Crippen LogP contribution in [0.3, 0.4) is 0 Å². The van der Waals surface area contributed by atoms with Crippen molar-refractivity contribution in [1.82, 2.24) is 0 Å². The van der Waals surface area contributed by atoms with Gasteiger partial charge >= 0.3 is 0 Å². The van der Waals surface area contributed by atoms with Crippen molar-refractivity contribution in [2.75, 3.05) is 12.9 Å². The van der Waals surface area contributed by atoms with E-state index in [9.17, 15) is 9.18 Å². The first kappa shape index (κ1) is 14.6. The Labute approximate surface area is 122 Å². The van der Waals surface area contributed by atoms with E-state index in [-0.39, 0.29) is 11.5 Å². The van der Waals surface area contributed by atoms with Crippen LogP contribution in [-0.2, 0) is 5.75 Å². The van der Waals surface area contributed by atoms with Crippen LogP contribution in [-0.4, -0.2) is 18.6 Å². The quantitative estimate of drug-likeness (QED) is 0.754. The van der Waals surface area contributed by atoms with E-state index in [4.69, 9.17) is 4.74 Å². The number of hydrogen-bond acceptors (Lipinski definition) is 3. The second kappa shape index (κ2) is 7.10. The molecule has 0 spiro atoms. The van der Waals surface area contributed by atoms with Gasteiger partial charge in [-0.3, -0.25) is 4.79 Å². The van der Waals surface area contributed by atoms with Crippen molar-refractivity contribution in [1.29, 1.82) is 0 Å². The monoisotopic (exact) mass is 290 g/mol. The zero-order valence-electron chi connectivity index (χ0n) is 11.1. The van der Waals surface area contributed by atoms with Gasteiger partial charge in [0.15, 0.2) is 17.3 Å². The summed E-state index contributed by atoms with van der Waals surface area (Å²) in [6.45, 7) is 0. The molecule has 2 aromatic rings. The summed E-state index contributed by atoms with van der Waals surface area (Å²) in [6, 6.07) is 14.2. The Morgan fingerprint density at radius 3 is 2.60 bits per heavy atom. The van der Waals surface area contributed by atoms with Crippen LogP contribution in [0, 0.1) is 5.82 Å². The lowest BCUT2D eigenvalue weighted by atomic mass is 10.1. The van der Waals surface area contributed by atoms with Crippen molar-refractivity contribution < 1.29 is 13.9 Å². The molecule has 0 atom stereocenters. The smallest absolute Gasteiger partial charge is 0.172 e. The predicted molar refractivity (Wildman–Crippen MR) is 79.9 cm³/mol. The summed E-state index contributed by atoms with van der Waals surface area (Å²) >= 11 is 1.52. The summed E-state index contributed by atoms with van der Waals surface area (Å²) < 4.78 is 18.3. The van der Waals surface area contributed by atoms with Gasteiger partial charge in [0, 0.05) is 11.3 Å². The van der Waals surface area contributed by atoms with Gasteiger partial charge in [0.2, 0.25) is 0 Å². The largest absolute Gasteiger partial charge is 0.494 e. The standard InChI is InChI=1S/C16H15FO2S/c1-19-16-8-7-13(9-14(16)17)15(18)11-20-10-12-5-3-2-4-6-12/h2-9H,10-11H2,1H3. The molecule has 2 rings (SSSR count). The van der Waals surface area contributed by atoms with E-state index in [0.29, 0.717) is 11.3 Å². The molecule has 0 unspecified atom stereocenters. The van der Waals surface area contributed by atoms with Crippen LogP contribution in [0.5, 0.6) is 5.75 Å². The number of carbonyl (C=O) groups is 1. The minimum absolute atomic E-state index is 0.0764. The fourth-order valence-electron chi connectivity index (χ4n) is 1.76. The molecule has 0 fully saturated rings. The van der Waals surface area contributed by atoms with Crippen molar-refractivity contribution >= 4 is 17.5 Å². The molecule has 4 heteroatoms. The van der Waals surface area contributed by atoms with Gasteiger partial charge in [-0.1, -0.05) is 30.3 Å². The number of rotatable bonds is 6. The molecule has 2 nitrogen and oxygen atoms in total. The molecule has 0 heterocycles. The molecule has 0 saturated carbocycles. The molecular weight excluding hydrogens is 275 g/mol. The summed E-state index contributed by atoms with van der Waals surface area (Å²) in [7, 11) is 1.40. The highest BCUT2D eigenvalue weighted by Gasteiger charge is 2.10. The Balaban J connectivity index is 1.90. The van der Waals surface area contributed by atoms with E-state index in [0.717, 1.165) is 5.75 Å². The van der Waals surface area contributed by atoms with E-state index in [1.165, 1.54) is 36.6 Å². The van der Waals surface area contributed by atoms with Gasteiger partial charge in [0.05, 0.1) is 12.9 Å². The number of methoxy groups -OCH3 is 1. The van der Waals surface area contributed by atoms with Crippen LogP contribution >= 0.6 is 11.8 Å². The summed E-state index contributed by atoms with van der Waals surface area (Å²) in [5, 5.41) is 0. The molecule has 0 N–H and O–H groups in total. The third-order valence-electron chi connectivity index (χ3n) is 2.82. The molecule has 104 valence electrons. The Morgan fingerprint density at radius 2 is 1.95 bits per heavy atom. The Kier molecular flexibility index (Phi) is 5.18. The SMILES string of the molecule is COc1ccc(C(=O)CSCc2ccccc2)cc1F. The van der Waals surface area contributed by atoms with Crippen LogP contribution in [0.2, 0.25) is 0 Å². The van der Waals surface area contributed by atoms with E-state index in [1.807, 2.05) is 30.3 Å². The molecular formula is C16H15FO2S. The Bertz CT molecular complexity index is 584. The highest BCUT2D eigenvalue weighted by molar-refractivity contribution is 7.99. The number of benzene rings is 2. The summed E-state index contributed by atoms with van der Waals surface area (Å²) in [5.41, 5.74) is 1.55. The number of ether oxygens (including phenoxy) is 1. The number of halogens is 1. The Hall–Kier alpha value is -1.81. The first-order chi connectivity index (χ1) is 9.70. The van der Waals surface area contributed by atoms with E-state index in [2.05, 4.69) is 0 Å². The minimum atomic E-state index is -0.508. The van der Waals surface area contributed by atoms with Crippen LogP contribution in [0.15, 0.2) is 48.5 Å². The van der Waals surface area contributed by atoms with Crippen molar-refractivity contribution in [2.45, 2.75) is 5.75 Å². The maximum atomic E-state index is 13.5. The summed E-state index contributed by atoms with van der Waals surface area (Å²) in [4.78, 5) is 12.0.